The van der Waals surface area contributed by atoms with E-state index in [1.807, 2.05) is 24.3 Å². The van der Waals surface area contributed by atoms with E-state index in [9.17, 15) is 4.79 Å². The van der Waals surface area contributed by atoms with Crippen molar-refractivity contribution in [3.05, 3.63) is 57.2 Å². The minimum Gasteiger partial charge on any atom is -0.490 e. The summed E-state index contributed by atoms with van der Waals surface area (Å²) in [5.74, 6) is 0.312. The summed E-state index contributed by atoms with van der Waals surface area (Å²) in [6, 6.07) is 9.10. The monoisotopic (exact) mass is 399 g/mol. The molecule has 1 heterocycles. The van der Waals surface area contributed by atoms with E-state index in [-0.39, 0.29) is 6.61 Å². The van der Waals surface area contributed by atoms with Gasteiger partial charge in [-0.15, -0.1) is 0 Å². The third-order valence-electron chi connectivity index (χ3n) is 2.34. The zero-order valence-corrected chi connectivity index (χ0v) is 13.6. The van der Waals surface area contributed by atoms with Crippen molar-refractivity contribution in [1.29, 1.82) is 0 Å². The highest BCUT2D eigenvalue weighted by Crippen LogP contribution is 2.16. The molecule has 0 spiro atoms. The molecule has 0 N–H and O–H groups in total. The normalized spacial score (nSPS) is 10.1. The van der Waals surface area contributed by atoms with Crippen LogP contribution in [0.4, 0.5) is 0 Å². The Hall–Kier alpha value is -1.40. The second-order valence-corrected chi connectivity index (χ2v) is 5.66. The zero-order chi connectivity index (χ0) is 14.4. The van der Waals surface area contributed by atoms with E-state index in [1.165, 1.54) is 6.20 Å². The van der Waals surface area contributed by atoms with E-state index in [4.69, 9.17) is 9.47 Å². The summed E-state index contributed by atoms with van der Waals surface area (Å²) in [4.78, 5) is 15.6. The second-order valence-electron chi connectivity index (χ2n) is 3.83. The summed E-state index contributed by atoms with van der Waals surface area (Å²) in [5, 5.41) is 0. The van der Waals surface area contributed by atoms with Crippen LogP contribution < -0.4 is 4.74 Å². The van der Waals surface area contributed by atoms with Gasteiger partial charge in [0.2, 0.25) is 0 Å². The molecular weight excluding hydrogens is 390 g/mol. The Bertz CT molecular complexity index is 587. The van der Waals surface area contributed by atoms with Gasteiger partial charge < -0.3 is 9.47 Å². The van der Waals surface area contributed by atoms with Crippen LogP contribution in [0.3, 0.4) is 0 Å². The molecule has 20 heavy (non-hydrogen) atoms. The van der Waals surface area contributed by atoms with Crippen molar-refractivity contribution in [2.45, 2.75) is 0 Å². The summed E-state index contributed by atoms with van der Waals surface area (Å²) in [6.07, 6.45) is 3.07. The van der Waals surface area contributed by atoms with Gasteiger partial charge in [-0.05, 0) is 46.3 Å². The van der Waals surface area contributed by atoms with Crippen molar-refractivity contribution in [2.24, 2.45) is 0 Å². The summed E-state index contributed by atoms with van der Waals surface area (Å²) < 4.78 is 12.3. The largest absolute Gasteiger partial charge is 0.490 e. The molecule has 0 atom stereocenters. The van der Waals surface area contributed by atoms with Gasteiger partial charge in [0.15, 0.2) is 0 Å². The summed E-state index contributed by atoms with van der Waals surface area (Å²) in [7, 11) is 0. The maximum atomic E-state index is 11.7. The van der Waals surface area contributed by atoms with Gasteiger partial charge in [-0.25, -0.2) is 4.79 Å². The standard InChI is InChI=1S/C14H11Br2NO3/c15-11-1-3-13(4-2-11)19-5-6-20-14(18)10-7-12(16)9-17-8-10/h1-4,7-9H,5-6H2. The summed E-state index contributed by atoms with van der Waals surface area (Å²) in [5.41, 5.74) is 0.406. The van der Waals surface area contributed by atoms with Crippen LogP contribution in [0.1, 0.15) is 10.4 Å². The lowest BCUT2D eigenvalue weighted by molar-refractivity contribution is 0.0450. The first-order valence-corrected chi connectivity index (χ1v) is 7.40. The van der Waals surface area contributed by atoms with Crippen molar-refractivity contribution in [3.8, 4) is 5.75 Å². The zero-order valence-electron chi connectivity index (χ0n) is 10.4. The molecule has 0 saturated carbocycles. The van der Waals surface area contributed by atoms with Gasteiger partial charge in [0.25, 0.3) is 0 Å². The third kappa shape index (κ3) is 4.61. The first-order valence-electron chi connectivity index (χ1n) is 5.81. The number of carbonyl (C=O) groups is 1. The Morgan fingerprint density at radius 2 is 1.80 bits per heavy atom. The van der Waals surface area contributed by atoms with Crippen LogP contribution in [-0.4, -0.2) is 24.2 Å². The lowest BCUT2D eigenvalue weighted by atomic mass is 10.3. The molecule has 0 fully saturated rings. The molecule has 6 heteroatoms. The van der Waals surface area contributed by atoms with Crippen LogP contribution in [0.25, 0.3) is 0 Å². The van der Waals surface area contributed by atoms with Gasteiger partial charge in [-0.2, -0.15) is 0 Å². The van der Waals surface area contributed by atoms with Gasteiger partial charge in [0.05, 0.1) is 5.56 Å². The van der Waals surface area contributed by atoms with Crippen LogP contribution in [-0.2, 0) is 4.74 Å². The second kappa shape index (κ2) is 7.40. The molecule has 0 amide bonds. The van der Waals surface area contributed by atoms with Gasteiger partial charge in [0.1, 0.15) is 19.0 Å². The predicted molar refractivity (Wildman–Crippen MR) is 81.9 cm³/mol. The first-order chi connectivity index (χ1) is 9.65. The molecule has 0 aliphatic rings. The molecule has 1 aromatic heterocycles. The smallest absolute Gasteiger partial charge is 0.339 e. The van der Waals surface area contributed by atoms with Crippen LogP contribution >= 0.6 is 31.9 Å². The number of carbonyl (C=O) groups excluding carboxylic acids is 1. The molecular formula is C14H11Br2NO3. The van der Waals surface area contributed by atoms with Crippen molar-refractivity contribution in [2.75, 3.05) is 13.2 Å². The summed E-state index contributed by atoms with van der Waals surface area (Å²) >= 11 is 6.59. The topological polar surface area (TPSA) is 48.4 Å². The maximum absolute atomic E-state index is 11.7. The van der Waals surface area contributed by atoms with Crippen molar-refractivity contribution in [1.82, 2.24) is 4.98 Å². The van der Waals surface area contributed by atoms with Crippen molar-refractivity contribution >= 4 is 37.8 Å². The van der Waals surface area contributed by atoms with Crippen LogP contribution in [0.15, 0.2) is 51.7 Å². The molecule has 1 aromatic carbocycles. The average Bonchev–Trinajstić information content (AvgIpc) is 2.45. The number of esters is 1. The molecule has 0 saturated heterocycles. The number of halogens is 2. The molecule has 2 aromatic rings. The number of ether oxygens (including phenoxy) is 2. The lowest BCUT2D eigenvalue weighted by Gasteiger charge is -2.07. The quantitative estimate of drug-likeness (QED) is 0.565. The number of rotatable bonds is 5. The SMILES string of the molecule is O=C(OCCOc1ccc(Br)cc1)c1cncc(Br)c1. The van der Waals surface area contributed by atoms with Gasteiger partial charge in [-0.1, -0.05) is 15.9 Å². The number of pyridine rings is 1. The predicted octanol–water partition coefficient (Wildman–Crippen LogP) is 3.84. The third-order valence-corrected chi connectivity index (χ3v) is 3.30. The Balaban J connectivity index is 1.76. The fourth-order valence-corrected chi connectivity index (χ4v) is 2.06. The van der Waals surface area contributed by atoms with E-state index in [0.29, 0.717) is 12.2 Å². The summed E-state index contributed by atoms with van der Waals surface area (Å²) in [6.45, 7) is 0.482. The average molecular weight is 401 g/mol. The van der Waals surface area contributed by atoms with Crippen LogP contribution in [0, 0.1) is 0 Å². The minimum absolute atomic E-state index is 0.182. The van der Waals surface area contributed by atoms with E-state index < -0.39 is 5.97 Å². The molecule has 0 radical (unpaired) electrons. The molecule has 4 nitrogen and oxygen atoms in total. The highest BCUT2D eigenvalue weighted by Gasteiger charge is 2.07. The fourth-order valence-electron chi connectivity index (χ4n) is 1.43. The van der Waals surface area contributed by atoms with Crippen LogP contribution in [0.2, 0.25) is 0 Å². The van der Waals surface area contributed by atoms with Crippen LogP contribution in [0.5, 0.6) is 5.75 Å². The van der Waals surface area contributed by atoms with E-state index in [2.05, 4.69) is 36.8 Å². The highest BCUT2D eigenvalue weighted by molar-refractivity contribution is 9.10. The minimum atomic E-state index is -0.418. The number of hydrogen-bond donors (Lipinski definition) is 0. The molecule has 0 unspecified atom stereocenters. The highest BCUT2D eigenvalue weighted by atomic mass is 79.9. The van der Waals surface area contributed by atoms with Gasteiger partial charge in [-0.3, -0.25) is 4.98 Å². The van der Waals surface area contributed by atoms with E-state index >= 15 is 0 Å². The molecule has 2 rings (SSSR count). The molecule has 104 valence electrons. The number of nitrogens with zero attached hydrogens (tertiary/aromatic N) is 1. The Morgan fingerprint density at radius 3 is 2.50 bits per heavy atom. The maximum Gasteiger partial charge on any atom is 0.339 e. The molecule has 0 aliphatic carbocycles. The Morgan fingerprint density at radius 1 is 1.05 bits per heavy atom. The number of aromatic nitrogens is 1. The van der Waals surface area contributed by atoms with Gasteiger partial charge in [0, 0.05) is 21.3 Å². The van der Waals surface area contributed by atoms with Crippen molar-refractivity contribution in [3.63, 3.8) is 0 Å². The fraction of sp³-hybridized carbons (Fsp3) is 0.143. The van der Waals surface area contributed by atoms with E-state index in [0.717, 1.165) is 14.7 Å². The molecule has 0 aliphatic heterocycles. The lowest BCUT2D eigenvalue weighted by Crippen LogP contribution is -2.12. The van der Waals surface area contributed by atoms with Gasteiger partial charge >= 0.3 is 5.97 Å². The Labute approximate surface area is 133 Å². The first kappa shape index (κ1) is 15.0. The van der Waals surface area contributed by atoms with Crippen molar-refractivity contribution < 1.29 is 14.3 Å². The van der Waals surface area contributed by atoms with E-state index in [1.54, 1.807) is 12.3 Å². The number of benzene rings is 1. The number of hydrogen-bond acceptors (Lipinski definition) is 4. The Kier molecular flexibility index (Phi) is 5.55. The molecule has 0 bridgehead atoms.